The molecule has 1 amide bonds. The highest BCUT2D eigenvalue weighted by atomic mass is 32.2. The van der Waals surface area contributed by atoms with Crippen LogP contribution in [0.3, 0.4) is 0 Å². The molecule has 1 N–H and O–H groups in total. The fourth-order valence-corrected chi connectivity index (χ4v) is 2.41. The first kappa shape index (κ1) is 13.4. The van der Waals surface area contributed by atoms with Crippen LogP contribution < -0.4 is 0 Å². The van der Waals surface area contributed by atoms with Gasteiger partial charge in [-0.2, -0.15) is 0 Å². The second kappa shape index (κ2) is 5.14. The molecule has 1 rings (SSSR count). The maximum atomic E-state index is 11.8. The molecule has 0 aliphatic carbocycles. The Hall–Kier alpha value is -0.620. The summed E-state index contributed by atoms with van der Waals surface area (Å²) < 4.78 is 24.8. The SMILES string of the molecule is CC(C)(C)OC(=O)N1CCCC1CS(=O)O. The highest BCUT2D eigenvalue weighted by Crippen LogP contribution is 2.21. The molecule has 0 aromatic rings. The zero-order valence-corrected chi connectivity index (χ0v) is 10.7. The van der Waals surface area contributed by atoms with E-state index in [-0.39, 0.29) is 17.9 Å². The van der Waals surface area contributed by atoms with Crippen LogP contribution in [0.1, 0.15) is 33.6 Å². The third kappa shape index (κ3) is 4.09. The van der Waals surface area contributed by atoms with Crippen LogP contribution in [0.5, 0.6) is 0 Å². The molecule has 0 aromatic heterocycles. The van der Waals surface area contributed by atoms with Crippen molar-refractivity contribution in [3.8, 4) is 0 Å². The van der Waals surface area contributed by atoms with Crippen molar-refractivity contribution in [3.63, 3.8) is 0 Å². The number of ether oxygens (including phenoxy) is 1. The van der Waals surface area contributed by atoms with Crippen molar-refractivity contribution in [2.75, 3.05) is 12.3 Å². The summed E-state index contributed by atoms with van der Waals surface area (Å²) in [6.07, 6.45) is 1.24. The summed E-state index contributed by atoms with van der Waals surface area (Å²) in [5, 5.41) is 0. The van der Waals surface area contributed by atoms with E-state index in [0.29, 0.717) is 6.54 Å². The number of likely N-dealkylation sites (tertiary alicyclic amines) is 1. The first-order valence-electron chi connectivity index (χ1n) is 5.36. The predicted molar refractivity (Wildman–Crippen MR) is 61.6 cm³/mol. The molecule has 6 heteroatoms. The molecule has 1 aliphatic rings. The molecule has 5 nitrogen and oxygen atoms in total. The van der Waals surface area contributed by atoms with Gasteiger partial charge in [0, 0.05) is 12.6 Å². The Morgan fingerprint density at radius 3 is 2.69 bits per heavy atom. The summed E-state index contributed by atoms with van der Waals surface area (Å²) >= 11 is -1.87. The number of rotatable bonds is 2. The number of carbonyl (C=O) groups excluding carboxylic acids is 1. The molecule has 1 aliphatic heterocycles. The van der Waals surface area contributed by atoms with E-state index in [0.717, 1.165) is 12.8 Å². The van der Waals surface area contributed by atoms with Crippen LogP contribution in [0, 0.1) is 0 Å². The van der Waals surface area contributed by atoms with Gasteiger partial charge in [0.15, 0.2) is 11.1 Å². The lowest BCUT2D eigenvalue weighted by atomic mass is 10.2. The van der Waals surface area contributed by atoms with Crippen LogP contribution in [0.25, 0.3) is 0 Å². The summed E-state index contributed by atoms with van der Waals surface area (Å²) in [7, 11) is 0. The van der Waals surface area contributed by atoms with Crippen LogP contribution >= 0.6 is 0 Å². The minimum Gasteiger partial charge on any atom is -0.444 e. The molecule has 0 bridgehead atoms. The van der Waals surface area contributed by atoms with Gasteiger partial charge in [0.2, 0.25) is 0 Å². The first-order chi connectivity index (χ1) is 7.29. The van der Waals surface area contributed by atoms with Gasteiger partial charge in [-0.05, 0) is 33.6 Å². The average molecular weight is 249 g/mol. The predicted octanol–water partition coefficient (Wildman–Crippen LogP) is 1.61. The van der Waals surface area contributed by atoms with E-state index in [2.05, 4.69) is 0 Å². The Balaban J connectivity index is 2.57. The summed E-state index contributed by atoms with van der Waals surface area (Å²) in [6.45, 7) is 6.03. The van der Waals surface area contributed by atoms with Gasteiger partial charge < -0.3 is 14.2 Å². The van der Waals surface area contributed by atoms with Crippen molar-refractivity contribution >= 4 is 17.2 Å². The van der Waals surface area contributed by atoms with Gasteiger partial charge in [-0.25, -0.2) is 9.00 Å². The van der Waals surface area contributed by atoms with E-state index in [1.54, 1.807) is 25.7 Å². The Bertz CT molecular complexity index is 287. The minimum atomic E-state index is -1.87. The largest absolute Gasteiger partial charge is 0.444 e. The number of hydrogen-bond acceptors (Lipinski definition) is 3. The van der Waals surface area contributed by atoms with Gasteiger partial charge in [0.05, 0.1) is 5.75 Å². The van der Waals surface area contributed by atoms with E-state index in [1.165, 1.54) is 0 Å². The van der Waals surface area contributed by atoms with E-state index in [1.807, 2.05) is 0 Å². The zero-order chi connectivity index (χ0) is 12.3. The molecule has 1 saturated heterocycles. The van der Waals surface area contributed by atoms with E-state index >= 15 is 0 Å². The van der Waals surface area contributed by atoms with Crippen molar-refractivity contribution in [3.05, 3.63) is 0 Å². The number of nitrogens with zero attached hydrogens (tertiary/aromatic N) is 1. The third-order valence-electron chi connectivity index (χ3n) is 2.34. The van der Waals surface area contributed by atoms with Crippen molar-refractivity contribution in [1.29, 1.82) is 0 Å². The second-order valence-corrected chi connectivity index (χ2v) is 5.93. The molecule has 0 saturated carbocycles. The van der Waals surface area contributed by atoms with Crippen LogP contribution in [-0.4, -0.2) is 43.7 Å². The standard InChI is InChI=1S/C10H19NO4S/c1-10(2,3)15-9(12)11-6-4-5-8(11)7-16(13)14/h8H,4-7H2,1-3H3,(H,13,14). The lowest BCUT2D eigenvalue weighted by molar-refractivity contribution is 0.0241. The Morgan fingerprint density at radius 1 is 1.56 bits per heavy atom. The van der Waals surface area contributed by atoms with Crippen LogP contribution in [-0.2, 0) is 15.8 Å². The van der Waals surface area contributed by atoms with E-state index in [9.17, 15) is 9.00 Å². The van der Waals surface area contributed by atoms with Gasteiger partial charge in [-0.1, -0.05) is 0 Å². The van der Waals surface area contributed by atoms with Crippen molar-refractivity contribution in [1.82, 2.24) is 4.90 Å². The molecule has 0 aromatic carbocycles. The number of amides is 1. The van der Waals surface area contributed by atoms with Gasteiger partial charge in [0.25, 0.3) is 0 Å². The molecule has 16 heavy (non-hydrogen) atoms. The summed E-state index contributed by atoms with van der Waals surface area (Å²) in [4.78, 5) is 13.3. The molecule has 1 heterocycles. The first-order valence-corrected chi connectivity index (χ1v) is 6.64. The lowest BCUT2D eigenvalue weighted by Gasteiger charge is -2.27. The minimum absolute atomic E-state index is 0.110. The fraction of sp³-hybridized carbons (Fsp3) is 0.900. The van der Waals surface area contributed by atoms with Crippen molar-refractivity contribution in [2.45, 2.75) is 45.3 Å². The van der Waals surface area contributed by atoms with Gasteiger partial charge in [-0.15, -0.1) is 0 Å². The van der Waals surface area contributed by atoms with Crippen molar-refractivity contribution in [2.24, 2.45) is 0 Å². The molecular formula is C10H19NO4S. The zero-order valence-electron chi connectivity index (χ0n) is 9.93. The van der Waals surface area contributed by atoms with Crippen molar-refractivity contribution < 1.29 is 18.3 Å². The third-order valence-corrected chi connectivity index (χ3v) is 3.01. The Labute approximate surface area is 98.4 Å². The summed E-state index contributed by atoms with van der Waals surface area (Å²) in [5.41, 5.74) is -0.525. The fourth-order valence-electron chi connectivity index (χ4n) is 1.73. The van der Waals surface area contributed by atoms with E-state index in [4.69, 9.17) is 9.29 Å². The Kier molecular flexibility index (Phi) is 4.32. The average Bonchev–Trinajstić information content (AvgIpc) is 2.47. The Morgan fingerprint density at radius 2 is 2.19 bits per heavy atom. The lowest BCUT2D eigenvalue weighted by Crippen LogP contribution is -2.41. The van der Waals surface area contributed by atoms with Gasteiger partial charge >= 0.3 is 6.09 Å². The van der Waals surface area contributed by atoms with Crippen LogP contribution in [0.15, 0.2) is 0 Å². The molecule has 0 radical (unpaired) electrons. The maximum Gasteiger partial charge on any atom is 0.410 e. The second-order valence-electron chi connectivity index (χ2n) is 4.96. The van der Waals surface area contributed by atoms with Gasteiger partial charge in [-0.3, -0.25) is 0 Å². The summed E-state index contributed by atoms with van der Waals surface area (Å²) in [6, 6.07) is -0.166. The molecule has 94 valence electrons. The highest BCUT2D eigenvalue weighted by Gasteiger charge is 2.32. The maximum absolute atomic E-state index is 11.8. The quantitative estimate of drug-likeness (QED) is 0.755. The van der Waals surface area contributed by atoms with Crippen LogP contribution in [0.4, 0.5) is 4.79 Å². The molecule has 2 atom stereocenters. The number of carbonyl (C=O) groups is 1. The van der Waals surface area contributed by atoms with E-state index < -0.39 is 16.7 Å². The van der Waals surface area contributed by atoms with Crippen LogP contribution in [0.2, 0.25) is 0 Å². The monoisotopic (exact) mass is 249 g/mol. The molecule has 2 unspecified atom stereocenters. The highest BCUT2D eigenvalue weighted by molar-refractivity contribution is 7.79. The van der Waals surface area contributed by atoms with Gasteiger partial charge in [0.1, 0.15) is 5.60 Å². The topological polar surface area (TPSA) is 66.8 Å². The summed E-state index contributed by atoms with van der Waals surface area (Å²) in [5.74, 6) is 0.110. The molecule has 0 spiro atoms. The smallest absolute Gasteiger partial charge is 0.410 e. The number of hydrogen-bond donors (Lipinski definition) is 1. The molecular weight excluding hydrogens is 230 g/mol. The normalized spacial score (nSPS) is 23.2. The molecule has 1 fully saturated rings.